The van der Waals surface area contributed by atoms with E-state index in [1.165, 1.54) is 18.2 Å². The van der Waals surface area contributed by atoms with Gasteiger partial charge in [0.2, 0.25) is 0 Å². The van der Waals surface area contributed by atoms with Crippen molar-refractivity contribution in [1.29, 1.82) is 0 Å². The molecule has 0 aliphatic carbocycles. The van der Waals surface area contributed by atoms with Crippen molar-refractivity contribution >= 4 is 17.2 Å². The Kier molecular flexibility index (Phi) is 5.60. The molecule has 0 spiro atoms. The molecule has 2 aromatic carbocycles. The van der Waals surface area contributed by atoms with Gasteiger partial charge in [0.25, 0.3) is 5.69 Å². The summed E-state index contributed by atoms with van der Waals surface area (Å²) in [5, 5.41) is 21.4. The van der Waals surface area contributed by atoms with E-state index < -0.39 is 16.8 Å². The highest BCUT2D eigenvalue weighted by Crippen LogP contribution is 2.20. The van der Waals surface area contributed by atoms with Crippen LogP contribution in [0.4, 0.5) is 11.4 Å². The lowest BCUT2D eigenvalue weighted by Gasteiger charge is -2.36. The van der Waals surface area contributed by atoms with Gasteiger partial charge in [-0.15, -0.1) is 0 Å². The van der Waals surface area contributed by atoms with E-state index in [9.17, 15) is 20.0 Å². The van der Waals surface area contributed by atoms with Gasteiger partial charge in [-0.2, -0.15) is 0 Å². The van der Waals surface area contributed by atoms with Crippen molar-refractivity contribution in [3.05, 3.63) is 70.3 Å². The highest BCUT2D eigenvalue weighted by molar-refractivity contribution is 6.02. The van der Waals surface area contributed by atoms with E-state index in [0.717, 1.165) is 31.9 Å². The maximum atomic E-state index is 12.4. The van der Waals surface area contributed by atoms with Gasteiger partial charge in [-0.05, 0) is 18.2 Å². The number of aliphatic hydroxyl groups is 1. The molecule has 7 nitrogen and oxygen atoms in total. The van der Waals surface area contributed by atoms with Crippen molar-refractivity contribution in [2.24, 2.45) is 0 Å². The first-order valence-corrected chi connectivity index (χ1v) is 8.54. The number of carbonyl (C=O) groups is 1. The number of para-hydroxylation sites is 2. The van der Waals surface area contributed by atoms with Gasteiger partial charge in [-0.25, -0.2) is 0 Å². The van der Waals surface area contributed by atoms with Crippen LogP contribution in [0.2, 0.25) is 0 Å². The van der Waals surface area contributed by atoms with Crippen molar-refractivity contribution in [2.75, 3.05) is 37.6 Å². The molecule has 1 N–H and O–H groups in total. The minimum Gasteiger partial charge on any atom is -0.384 e. The number of nitro benzene ring substituents is 1. The molecule has 1 aliphatic rings. The van der Waals surface area contributed by atoms with Gasteiger partial charge in [-0.3, -0.25) is 19.8 Å². The third kappa shape index (κ3) is 4.07. The lowest BCUT2D eigenvalue weighted by atomic mass is 10.0. The zero-order chi connectivity index (χ0) is 18.5. The quantitative estimate of drug-likeness (QED) is 0.484. The van der Waals surface area contributed by atoms with Gasteiger partial charge in [0.1, 0.15) is 6.10 Å². The Bertz CT molecular complexity index is 773. The summed E-state index contributed by atoms with van der Waals surface area (Å²) in [5.74, 6) is -0.609. The van der Waals surface area contributed by atoms with Crippen LogP contribution in [0.15, 0.2) is 54.6 Å². The Labute approximate surface area is 151 Å². The molecule has 1 fully saturated rings. The largest absolute Gasteiger partial charge is 0.384 e. The van der Waals surface area contributed by atoms with Crippen molar-refractivity contribution in [2.45, 2.75) is 6.10 Å². The molecule has 0 aromatic heterocycles. The number of nitrogens with zero attached hydrogens (tertiary/aromatic N) is 3. The predicted molar refractivity (Wildman–Crippen MR) is 98.5 cm³/mol. The van der Waals surface area contributed by atoms with Crippen molar-refractivity contribution in [3.8, 4) is 0 Å². The third-order valence-corrected chi connectivity index (χ3v) is 4.59. The lowest BCUT2D eigenvalue weighted by molar-refractivity contribution is -0.385. The fourth-order valence-corrected chi connectivity index (χ4v) is 3.18. The number of rotatable bonds is 6. The molecule has 0 bridgehead atoms. The minimum atomic E-state index is -1.28. The van der Waals surface area contributed by atoms with E-state index in [0.29, 0.717) is 0 Å². The second kappa shape index (κ2) is 8.07. The van der Waals surface area contributed by atoms with Crippen LogP contribution in [0.5, 0.6) is 0 Å². The molecule has 1 saturated heterocycles. The molecule has 0 saturated carbocycles. The molecular formula is C19H21N3O4. The summed E-state index contributed by atoms with van der Waals surface area (Å²) in [6.45, 7) is 3.21. The van der Waals surface area contributed by atoms with Crippen LogP contribution in [0.3, 0.4) is 0 Å². The first kappa shape index (κ1) is 18.0. The molecule has 1 unspecified atom stereocenters. The first-order valence-electron chi connectivity index (χ1n) is 8.54. The summed E-state index contributed by atoms with van der Waals surface area (Å²) in [7, 11) is 0. The number of hydrogen-bond donors (Lipinski definition) is 1. The number of hydrogen-bond acceptors (Lipinski definition) is 6. The van der Waals surface area contributed by atoms with Crippen LogP contribution in [0, 0.1) is 10.1 Å². The fraction of sp³-hybridized carbons (Fsp3) is 0.316. The predicted octanol–water partition coefficient (Wildman–Crippen LogP) is 1.96. The highest BCUT2D eigenvalue weighted by atomic mass is 16.6. The van der Waals surface area contributed by atoms with Gasteiger partial charge < -0.3 is 10.0 Å². The fourth-order valence-electron chi connectivity index (χ4n) is 3.18. The van der Waals surface area contributed by atoms with Gasteiger partial charge >= 0.3 is 0 Å². The Morgan fingerprint density at radius 3 is 2.31 bits per heavy atom. The summed E-state index contributed by atoms with van der Waals surface area (Å²) in [4.78, 5) is 27.2. The number of aliphatic hydroxyl groups excluding tert-OH is 1. The molecule has 1 aliphatic heterocycles. The maximum absolute atomic E-state index is 12.4. The van der Waals surface area contributed by atoms with Crippen molar-refractivity contribution in [3.63, 3.8) is 0 Å². The molecule has 26 heavy (non-hydrogen) atoms. The average molecular weight is 355 g/mol. The molecule has 7 heteroatoms. The molecule has 1 atom stereocenters. The monoisotopic (exact) mass is 355 g/mol. The number of nitro groups is 1. The summed E-state index contributed by atoms with van der Waals surface area (Å²) in [6, 6.07) is 15.8. The number of anilines is 1. The van der Waals surface area contributed by atoms with Crippen LogP contribution in [-0.4, -0.2) is 59.5 Å². The zero-order valence-electron chi connectivity index (χ0n) is 14.3. The van der Waals surface area contributed by atoms with Gasteiger partial charge in [0.05, 0.1) is 10.5 Å². The molecule has 136 valence electrons. The van der Waals surface area contributed by atoms with E-state index in [2.05, 4.69) is 17.0 Å². The van der Waals surface area contributed by atoms with E-state index in [-0.39, 0.29) is 17.8 Å². The van der Waals surface area contributed by atoms with E-state index >= 15 is 0 Å². The Morgan fingerprint density at radius 2 is 1.65 bits per heavy atom. The topological polar surface area (TPSA) is 86.9 Å². The molecular weight excluding hydrogens is 334 g/mol. The average Bonchev–Trinajstić information content (AvgIpc) is 2.68. The number of β-amino-alcohol motifs (C(OH)–C–C–N with tert-alkyl or cyclic N) is 1. The SMILES string of the molecule is O=C(c1ccccc1[N+](=O)[O-])C(O)CN1CCN(c2ccccc2)CC1. The van der Waals surface area contributed by atoms with E-state index in [4.69, 9.17) is 0 Å². The van der Waals surface area contributed by atoms with Crippen molar-refractivity contribution < 1.29 is 14.8 Å². The highest BCUT2D eigenvalue weighted by Gasteiger charge is 2.28. The Balaban J connectivity index is 1.58. The smallest absolute Gasteiger partial charge is 0.280 e. The zero-order valence-corrected chi connectivity index (χ0v) is 14.3. The van der Waals surface area contributed by atoms with Gasteiger partial charge in [0.15, 0.2) is 5.78 Å². The molecule has 0 amide bonds. The Morgan fingerprint density at radius 1 is 1.04 bits per heavy atom. The third-order valence-electron chi connectivity index (χ3n) is 4.59. The second-order valence-corrected chi connectivity index (χ2v) is 6.28. The van der Waals surface area contributed by atoms with Gasteiger partial charge in [-0.1, -0.05) is 30.3 Å². The molecule has 0 radical (unpaired) electrons. The van der Waals surface area contributed by atoms with Crippen LogP contribution in [0.25, 0.3) is 0 Å². The normalized spacial score (nSPS) is 16.3. The van der Waals surface area contributed by atoms with Crippen molar-refractivity contribution in [1.82, 2.24) is 4.90 Å². The van der Waals surface area contributed by atoms with Crippen LogP contribution < -0.4 is 4.90 Å². The lowest BCUT2D eigenvalue weighted by Crippen LogP contribution is -2.49. The number of Topliss-reactive ketones (excluding diaryl/α,β-unsaturated/α-hetero) is 1. The minimum absolute atomic E-state index is 0.0482. The maximum Gasteiger partial charge on any atom is 0.280 e. The Hall–Kier alpha value is -2.77. The molecule has 3 rings (SSSR count). The summed E-state index contributed by atoms with van der Waals surface area (Å²) < 4.78 is 0. The van der Waals surface area contributed by atoms with E-state index in [1.54, 1.807) is 6.07 Å². The summed E-state index contributed by atoms with van der Waals surface area (Å²) in [5.41, 5.74) is 0.835. The summed E-state index contributed by atoms with van der Waals surface area (Å²) in [6.07, 6.45) is -1.28. The number of carbonyl (C=O) groups excluding carboxylic acids is 1. The van der Waals surface area contributed by atoms with Crippen LogP contribution in [0.1, 0.15) is 10.4 Å². The summed E-state index contributed by atoms with van der Waals surface area (Å²) >= 11 is 0. The van der Waals surface area contributed by atoms with Crippen LogP contribution in [-0.2, 0) is 0 Å². The van der Waals surface area contributed by atoms with Crippen LogP contribution >= 0.6 is 0 Å². The first-order chi connectivity index (χ1) is 12.6. The standard InChI is InChI=1S/C19H21N3O4/c23-18(19(24)16-8-4-5-9-17(16)22(25)26)14-20-10-12-21(13-11-20)15-6-2-1-3-7-15/h1-9,18,23H,10-14H2. The van der Waals surface area contributed by atoms with Gasteiger partial charge in [0, 0.05) is 44.5 Å². The molecule has 2 aromatic rings. The number of piperazine rings is 1. The number of benzene rings is 2. The number of ketones is 1. The van der Waals surface area contributed by atoms with E-state index in [1.807, 2.05) is 23.1 Å². The molecule has 1 heterocycles. The second-order valence-electron chi connectivity index (χ2n) is 6.28.